The number of rotatable bonds is 4. The molecule has 3 rings (SSSR count). The fourth-order valence-electron chi connectivity index (χ4n) is 3.03. The second-order valence-electron chi connectivity index (χ2n) is 6.61. The first-order chi connectivity index (χ1) is 12.8. The molecule has 144 valence electrons. The molecule has 0 aliphatic carbocycles. The van der Waals surface area contributed by atoms with Crippen LogP contribution in [-0.2, 0) is 12.7 Å². The Hall–Kier alpha value is -2.64. The SMILES string of the molecule is Cc1cc(CNC(=O)c2ccc(C(F)(F)F)cc2)nc(N2CCCCC2)n1. The first-order valence-corrected chi connectivity index (χ1v) is 8.88. The quantitative estimate of drug-likeness (QED) is 0.881. The van der Waals surface area contributed by atoms with Crippen molar-refractivity contribution >= 4 is 11.9 Å². The second-order valence-corrected chi connectivity index (χ2v) is 6.61. The highest BCUT2D eigenvalue weighted by Gasteiger charge is 2.30. The molecule has 1 aromatic heterocycles. The molecule has 1 N–H and O–H groups in total. The molecule has 0 bridgehead atoms. The van der Waals surface area contributed by atoms with Crippen LogP contribution in [0.1, 0.15) is 46.6 Å². The maximum Gasteiger partial charge on any atom is 0.416 e. The largest absolute Gasteiger partial charge is 0.416 e. The van der Waals surface area contributed by atoms with Crippen molar-refractivity contribution in [1.29, 1.82) is 0 Å². The van der Waals surface area contributed by atoms with Crippen LogP contribution in [-0.4, -0.2) is 29.0 Å². The molecule has 5 nitrogen and oxygen atoms in total. The minimum atomic E-state index is -4.42. The van der Waals surface area contributed by atoms with Gasteiger partial charge in [-0.2, -0.15) is 13.2 Å². The predicted octanol–water partition coefficient (Wildman–Crippen LogP) is 3.72. The summed E-state index contributed by atoms with van der Waals surface area (Å²) in [6.07, 6.45) is -0.995. The standard InChI is InChI=1S/C19H21F3N4O/c1-13-11-16(25-18(24-13)26-9-3-2-4-10-26)12-23-17(27)14-5-7-15(8-6-14)19(20,21)22/h5-8,11H,2-4,9-10,12H2,1H3,(H,23,27). The van der Waals surface area contributed by atoms with Gasteiger partial charge in [0.05, 0.1) is 17.8 Å². The van der Waals surface area contributed by atoms with E-state index in [1.807, 2.05) is 6.92 Å². The number of hydrogen-bond donors (Lipinski definition) is 1. The smallest absolute Gasteiger partial charge is 0.346 e. The number of amides is 1. The topological polar surface area (TPSA) is 58.1 Å². The number of anilines is 1. The summed E-state index contributed by atoms with van der Waals surface area (Å²) in [6, 6.07) is 5.93. The Bertz CT molecular complexity index is 800. The van der Waals surface area contributed by atoms with Crippen LogP contribution in [0, 0.1) is 6.92 Å². The third-order valence-corrected chi connectivity index (χ3v) is 4.44. The molecule has 2 heterocycles. The molecule has 0 radical (unpaired) electrons. The minimum Gasteiger partial charge on any atom is -0.346 e. The Morgan fingerprint density at radius 2 is 1.78 bits per heavy atom. The van der Waals surface area contributed by atoms with Crippen molar-refractivity contribution < 1.29 is 18.0 Å². The lowest BCUT2D eigenvalue weighted by molar-refractivity contribution is -0.137. The van der Waals surface area contributed by atoms with Crippen LogP contribution in [0.2, 0.25) is 0 Å². The van der Waals surface area contributed by atoms with E-state index in [-0.39, 0.29) is 12.1 Å². The van der Waals surface area contributed by atoms with Crippen molar-refractivity contribution in [1.82, 2.24) is 15.3 Å². The third kappa shape index (κ3) is 4.96. The molecule has 8 heteroatoms. The van der Waals surface area contributed by atoms with Crippen LogP contribution in [0.5, 0.6) is 0 Å². The van der Waals surface area contributed by atoms with Gasteiger partial charge in [-0.3, -0.25) is 4.79 Å². The molecule has 1 aliphatic rings. The predicted molar refractivity (Wildman–Crippen MR) is 95.4 cm³/mol. The second kappa shape index (κ2) is 7.94. The number of nitrogens with zero attached hydrogens (tertiary/aromatic N) is 3. The van der Waals surface area contributed by atoms with E-state index in [9.17, 15) is 18.0 Å². The molecular formula is C19H21F3N4O. The Morgan fingerprint density at radius 1 is 1.11 bits per heavy atom. The van der Waals surface area contributed by atoms with Gasteiger partial charge in [0.1, 0.15) is 0 Å². The maximum absolute atomic E-state index is 12.6. The molecular weight excluding hydrogens is 357 g/mol. The van der Waals surface area contributed by atoms with E-state index in [1.165, 1.54) is 18.6 Å². The van der Waals surface area contributed by atoms with Gasteiger partial charge in [-0.15, -0.1) is 0 Å². The van der Waals surface area contributed by atoms with Crippen LogP contribution in [0.25, 0.3) is 0 Å². The van der Waals surface area contributed by atoms with Crippen molar-refractivity contribution in [3.63, 3.8) is 0 Å². The number of halogens is 3. The Balaban J connectivity index is 1.65. The lowest BCUT2D eigenvalue weighted by Crippen LogP contribution is -2.32. The van der Waals surface area contributed by atoms with E-state index >= 15 is 0 Å². The number of hydrogen-bond acceptors (Lipinski definition) is 4. The summed E-state index contributed by atoms with van der Waals surface area (Å²) in [4.78, 5) is 23.3. The van der Waals surface area contributed by atoms with Crippen LogP contribution < -0.4 is 10.2 Å². The number of carbonyl (C=O) groups excluding carboxylic acids is 1. The summed E-state index contributed by atoms with van der Waals surface area (Å²) < 4.78 is 37.8. The first kappa shape index (κ1) is 19.1. The van der Waals surface area contributed by atoms with Crippen molar-refractivity contribution in [3.05, 3.63) is 52.8 Å². The van der Waals surface area contributed by atoms with Crippen LogP contribution >= 0.6 is 0 Å². The van der Waals surface area contributed by atoms with Crippen molar-refractivity contribution in [2.45, 2.75) is 38.9 Å². The zero-order chi connectivity index (χ0) is 19.4. The molecule has 0 spiro atoms. The minimum absolute atomic E-state index is 0.171. The average molecular weight is 378 g/mol. The first-order valence-electron chi connectivity index (χ1n) is 8.88. The molecule has 1 saturated heterocycles. The summed E-state index contributed by atoms with van der Waals surface area (Å²) in [6.45, 7) is 3.89. The number of carbonyl (C=O) groups is 1. The van der Waals surface area contributed by atoms with E-state index in [0.29, 0.717) is 11.6 Å². The number of piperidine rings is 1. The monoisotopic (exact) mass is 378 g/mol. The van der Waals surface area contributed by atoms with Crippen molar-refractivity contribution in [3.8, 4) is 0 Å². The molecule has 2 aromatic rings. The zero-order valence-corrected chi connectivity index (χ0v) is 15.0. The van der Waals surface area contributed by atoms with E-state index < -0.39 is 17.6 Å². The average Bonchev–Trinajstić information content (AvgIpc) is 2.66. The highest BCUT2D eigenvalue weighted by Crippen LogP contribution is 2.29. The maximum atomic E-state index is 12.6. The van der Waals surface area contributed by atoms with Gasteiger partial charge in [0, 0.05) is 24.3 Å². The normalized spacial score (nSPS) is 14.9. The number of benzene rings is 1. The number of aryl methyl sites for hydroxylation is 1. The number of aromatic nitrogens is 2. The molecule has 1 aliphatic heterocycles. The molecule has 1 fully saturated rings. The van der Waals surface area contributed by atoms with Crippen molar-refractivity contribution in [2.75, 3.05) is 18.0 Å². The van der Waals surface area contributed by atoms with Gasteiger partial charge in [0.2, 0.25) is 5.95 Å². The van der Waals surface area contributed by atoms with Crippen LogP contribution in [0.3, 0.4) is 0 Å². The van der Waals surface area contributed by atoms with Gasteiger partial charge in [-0.05, 0) is 56.5 Å². The number of alkyl halides is 3. The van der Waals surface area contributed by atoms with Crippen LogP contribution in [0.15, 0.2) is 30.3 Å². The van der Waals surface area contributed by atoms with Gasteiger partial charge in [-0.25, -0.2) is 9.97 Å². The lowest BCUT2D eigenvalue weighted by atomic mass is 10.1. The Labute approximate surface area is 155 Å². The highest BCUT2D eigenvalue weighted by atomic mass is 19.4. The highest BCUT2D eigenvalue weighted by molar-refractivity contribution is 5.94. The molecule has 0 unspecified atom stereocenters. The Kier molecular flexibility index (Phi) is 5.62. The molecule has 27 heavy (non-hydrogen) atoms. The fourth-order valence-corrected chi connectivity index (χ4v) is 3.03. The molecule has 0 saturated carbocycles. The summed E-state index contributed by atoms with van der Waals surface area (Å²) in [5, 5.41) is 2.70. The fraction of sp³-hybridized carbons (Fsp3) is 0.421. The van der Waals surface area contributed by atoms with E-state index in [0.717, 1.165) is 43.8 Å². The Morgan fingerprint density at radius 3 is 2.41 bits per heavy atom. The molecule has 1 aromatic carbocycles. The summed E-state index contributed by atoms with van der Waals surface area (Å²) in [7, 11) is 0. The summed E-state index contributed by atoms with van der Waals surface area (Å²) in [5.41, 5.74) is 0.870. The zero-order valence-electron chi connectivity index (χ0n) is 15.0. The van der Waals surface area contributed by atoms with Gasteiger partial charge in [0.25, 0.3) is 5.91 Å². The van der Waals surface area contributed by atoms with Crippen molar-refractivity contribution in [2.24, 2.45) is 0 Å². The van der Waals surface area contributed by atoms with Gasteiger partial charge in [0.15, 0.2) is 0 Å². The van der Waals surface area contributed by atoms with E-state index in [2.05, 4.69) is 20.2 Å². The third-order valence-electron chi connectivity index (χ3n) is 4.44. The summed E-state index contributed by atoms with van der Waals surface area (Å²) >= 11 is 0. The van der Waals surface area contributed by atoms with Gasteiger partial charge in [-0.1, -0.05) is 0 Å². The van der Waals surface area contributed by atoms with Crippen LogP contribution in [0.4, 0.5) is 19.1 Å². The van der Waals surface area contributed by atoms with E-state index in [4.69, 9.17) is 0 Å². The molecule has 0 atom stereocenters. The van der Waals surface area contributed by atoms with E-state index in [1.54, 1.807) is 6.07 Å². The summed E-state index contributed by atoms with van der Waals surface area (Å²) in [5.74, 6) is 0.216. The van der Waals surface area contributed by atoms with Gasteiger partial charge >= 0.3 is 6.18 Å². The number of nitrogens with one attached hydrogen (secondary N) is 1. The lowest BCUT2D eigenvalue weighted by Gasteiger charge is -2.27. The van der Waals surface area contributed by atoms with Gasteiger partial charge < -0.3 is 10.2 Å². The molecule has 1 amide bonds.